The van der Waals surface area contributed by atoms with Crippen LogP contribution in [0.3, 0.4) is 0 Å². The van der Waals surface area contributed by atoms with Gasteiger partial charge in [-0.15, -0.1) is 11.3 Å². The second-order valence-corrected chi connectivity index (χ2v) is 7.82. The maximum atomic E-state index is 13.1. The fourth-order valence-electron chi connectivity index (χ4n) is 3.58. The standard InChI is InChI=1S/C20H18N4O2S/c1-12-8-9-17(26-12)14-11-15(23-22-14)20(25)24-10-4-6-16(24)19-21-13-5-2-3-7-18(13)27-19/h2-3,5,7-9,11,16H,4,6,10H2,1H3,(H,22,23). The molecule has 1 atom stereocenters. The van der Waals surface area contributed by atoms with Gasteiger partial charge in [-0.2, -0.15) is 5.10 Å². The largest absolute Gasteiger partial charge is 0.460 e. The maximum absolute atomic E-state index is 13.1. The van der Waals surface area contributed by atoms with Gasteiger partial charge in [-0.25, -0.2) is 4.98 Å². The number of furan rings is 1. The Morgan fingerprint density at radius 2 is 2.19 bits per heavy atom. The molecule has 3 aromatic heterocycles. The summed E-state index contributed by atoms with van der Waals surface area (Å²) >= 11 is 1.67. The number of nitrogens with one attached hydrogen (secondary N) is 1. The quantitative estimate of drug-likeness (QED) is 0.567. The minimum Gasteiger partial charge on any atom is -0.460 e. The molecule has 4 heterocycles. The van der Waals surface area contributed by atoms with E-state index in [-0.39, 0.29) is 11.9 Å². The average Bonchev–Trinajstić information content (AvgIpc) is 3.44. The molecule has 0 spiro atoms. The van der Waals surface area contributed by atoms with Gasteiger partial charge in [-0.3, -0.25) is 9.89 Å². The lowest BCUT2D eigenvalue weighted by Gasteiger charge is -2.21. The molecule has 4 aromatic rings. The molecule has 1 aromatic carbocycles. The van der Waals surface area contributed by atoms with Crippen LogP contribution in [0.15, 0.2) is 46.9 Å². The Kier molecular flexibility index (Phi) is 3.82. The highest BCUT2D eigenvalue weighted by atomic mass is 32.1. The topological polar surface area (TPSA) is 75.0 Å². The Balaban J connectivity index is 1.43. The molecule has 1 amide bonds. The molecule has 1 N–H and O–H groups in total. The lowest BCUT2D eigenvalue weighted by Crippen LogP contribution is -2.30. The number of para-hydroxylation sites is 1. The highest BCUT2D eigenvalue weighted by Gasteiger charge is 2.34. The minimum atomic E-state index is -0.0671. The Morgan fingerprint density at radius 3 is 3.00 bits per heavy atom. The van der Waals surface area contributed by atoms with Gasteiger partial charge in [0.1, 0.15) is 16.5 Å². The molecule has 27 heavy (non-hydrogen) atoms. The van der Waals surface area contributed by atoms with Gasteiger partial charge in [-0.05, 0) is 44.0 Å². The number of hydrogen-bond acceptors (Lipinski definition) is 5. The summed E-state index contributed by atoms with van der Waals surface area (Å²) in [7, 11) is 0. The summed E-state index contributed by atoms with van der Waals surface area (Å²) in [4.78, 5) is 19.7. The number of thiazole rings is 1. The van der Waals surface area contributed by atoms with Crippen LogP contribution in [0.1, 0.15) is 40.1 Å². The summed E-state index contributed by atoms with van der Waals surface area (Å²) in [6, 6.07) is 13.6. The van der Waals surface area contributed by atoms with E-state index in [0.717, 1.165) is 40.4 Å². The fourth-order valence-corrected chi connectivity index (χ4v) is 4.70. The summed E-state index contributed by atoms with van der Waals surface area (Å²) in [5.41, 5.74) is 2.11. The number of carbonyl (C=O) groups excluding carboxylic acids is 1. The highest BCUT2D eigenvalue weighted by molar-refractivity contribution is 7.18. The average molecular weight is 378 g/mol. The van der Waals surface area contributed by atoms with E-state index in [1.54, 1.807) is 17.4 Å². The number of fused-ring (bicyclic) bond motifs is 1. The number of amides is 1. The zero-order valence-corrected chi connectivity index (χ0v) is 15.6. The molecule has 6 nitrogen and oxygen atoms in total. The van der Waals surface area contributed by atoms with Crippen molar-refractivity contribution in [3.05, 3.63) is 58.9 Å². The van der Waals surface area contributed by atoms with Crippen LogP contribution in [-0.2, 0) is 0 Å². The predicted molar refractivity (Wildman–Crippen MR) is 104 cm³/mol. The number of rotatable bonds is 3. The third-order valence-electron chi connectivity index (χ3n) is 4.91. The molecule has 1 fully saturated rings. The van der Waals surface area contributed by atoms with Crippen LogP contribution in [0.25, 0.3) is 21.7 Å². The van der Waals surface area contributed by atoms with E-state index in [0.29, 0.717) is 17.1 Å². The van der Waals surface area contributed by atoms with Crippen LogP contribution in [0.4, 0.5) is 0 Å². The number of H-pyrrole nitrogens is 1. The molecule has 0 bridgehead atoms. The van der Waals surface area contributed by atoms with Crippen LogP contribution in [-0.4, -0.2) is 32.5 Å². The van der Waals surface area contributed by atoms with Crippen LogP contribution in [0, 0.1) is 6.92 Å². The maximum Gasteiger partial charge on any atom is 0.274 e. The van der Waals surface area contributed by atoms with Gasteiger partial charge in [-0.1, -0.05) is 12.1 Å². The zero-order valence-electron chi connectivity index (χ0n) is 14.8. The molecule has 0 radical (unpaired) electrons. The number of hydrogen-bond donors (Lipinski definition) is 1. The Bertz CT molecular complexity index is 1090. The number of aromatic amines is 1. The van der Waals surface area contributed by atoms with Crippen LogP contribution in [0.5, 0.6) is 0 Å². The normalized spacial score (nSPS) is 17.1. The van der Waals surface area contributed by atoms with Gasteiger partial charge in [0.2, 0.25) is 0 Å². The smallest absolute Gasteiger partial charge is 0.274 e. The first kappa shape index (κ1) is 16.3. The number of aromatic nitrogens is 3. The van der Waals surface area contributed by atoms with Gasteiger partial charge in [0.05, 0.1) is 16.3 Å². The lowest BCUT2D eigenvalue weighted by atomic mass is 10.2. The van der Waals surface area contributed by atoms with Crippen molar-refractivity contribution in [3.8, 4) is 11.5 Å². The van der Waals surface area contributed by atoms with E-state index in [9.17, 15) is 4.79 Å². The Hall–Kier alpha value is -2.93. The third kappa shape index (κ3) is 2.84. The molecule has 0 aliphatic carbocycles. The Labute approximate surface area is 159 Å². The molecule has 136 valence electrons. The fraction of sp³-hybridized carbons (Fsp3) is 0.250. The molecule has 0 saturated carbocycles. The number of carbonyl (C=O) groups is 1. The number of aryl methyl sites for hydroxylation is 1. The third-order valence-corrected chi connectivity index (χ3v) is 6.05. The monoisotopic (exact) mass is 378 g/mol. The van der Waals surface area contributed by atoms with E-state index >= 15 is 0 Å². The SMILES string of the molecule is Cc1ccc(-c2cc(C(=O)N3CCCC3c3nc4ccccc4s3)n[nH]2)o1. The molecular weight excluding hydrogens is 360 g/mol. The summed E-state index contributed by atoms with van der Waals surface area (Å²) in [6.45, 7) is 2.61. The molecule has 1 unspecified atom stereocenters. The van der Waals surface area contributed by atoms with Crippen molar-refractivity contribution in [2.75, 3.05) is 6.54 Å². The molecule has 1 aliphatic rings. The zero-order chi connectivity index (χ0) is 18.4. The molecule has 1 aliphatic heterocycles. The Morgan fingerprint density at radius 1 is 1.30 bits per heavy atom. The first-order valence-electron chi connectivity index (χ1n) is 8.98. The summed E-state index contributed by atoms with van der Waals surface area (Å²) in [6.07, 6.45) is 1.90. The first-order chi connectivity index (χ1) is 13.2. The van der Waals surface area contributed by atoms with E-state index in [2.05, 4.69) is 16.3 Å². The summed E-state index contributed by atoms with van der Waals surface area (Å²) < 4.78 is 6.76. The van der Waals surface area contributed by atoms with E-state index < -0.39 is 0 Å². The molecule has 7 heteroatoms. The van der Waals surface area contributed by atoms with Crippen LogP contribution in [0.2, 0.25) is 0 Å². The molecule has 1 saturated heterocycles. The number of likely N-dealkylation sites (tertiary alicyclic amines) is 1. The van der Waals surface area contributed by atoms with Crippen molar-refractivity contribution in [2.45, 2.75) is 25.8 Å². The number of benzene rings is 1. The van der Waals surface area contributed by atoms with E-state index in [4.69, 9.17) is 9.40 Å². The lowest BCUT2D eigenvalue weighted by molar-refractivity contribution is 0.0729. The summed E-state index contributed by atoms with van der Waals surface area (Å²) in [5.74, 6) is 1.44. The van der Waals surface area contributed by atoms with Crippen molar-refractivity contribution in [1.29, 1.82) is 0 Å². The molecule has 5 rings (SSSR count). The second-order valence-electron chi connectivity index (χ2n) is 6.75. The van der Waals surface area contributed by atoms with Gasteiger partial charge in [0, 0.05) is 12.6 Å². The van der Waals surface area contributed by atoms with Gasteiger partial charge in [0.25, 0.3) is 5.91 Å². The van der Waals surface area contributed by atoms with Crippen molar-refractivity contribution < 1.29 is 9.21 Å². The number of nitrogens with zero attached hydrogens (tertiary/aromatic N) is 3. The molecular formula is C20H18N4O2S. The van der Waals surface area contributed by atoms with E-state index in [1.165, 1.54) is 0 Å². The van der Waals surface area contributed by atoms with Crippen LogP contribution < -0.4 is 0 Å². The first-order valence-corrected chi connectivity index (χ1v) is 9.79. The van der Waals surface area contributed by atoms with Crippen molar-refractivity contribution in [3.63, 3.8) is 0 Å². The second kappa shape index (κ2) is 6.35. The van der Waals surface area contributed by atoms with Gasteiger partial charge >= 0.3 is 0 Å². The van der Waals surface area contributed by atoms with Crippen molar-refractivity contribution in [1.82, 2.24) is 20.1 Å². The van der Waals surface area contributed by atoms with Crippen LogP contribution >= 0.6 is 11.3 Å². The van der Waals surface area contributed by atoms with Gasteiger partial charge in [0.15, 0.2) is 11.5 Å². The predicted octanol–water partition coefficient (Wildman–Crippen LogP) is 4.57. The minimum absolute atomic E-state index is 0.0147. The van der Waals surface area contributed by atoms with E-state index in [1.807, 2.05) is 42.2 Å². The van der Waals surface area contributed by atoms with Crippen molar-refractivity contribution in [2.24, 2.45) is 0 Å². The van der Waals surface area contributed by atoms with Crippen molar-refractivity contribution >= 4 is 27.5 Å². The highest BCUT2D eigenvalue weighted by Crippen LogP contribution is 2.37. The summed E-state index contributed by atoms with van der Waals surface area (Å²) in [5, 5.41) is 8.14. The van der Waals surface area contributed by atoms with Gasteiger partial charge < -0.3 is 9.32 Å².